The normalized spacial score (nSPS) is 9.50. The molecule has 30 heavy (non-hydrogen) atoms. The van der Waals surface area contributed by atoms with Gasteiger partial charge in [-0.05, 0) is 25.0 Å². The second kappa shape index (κ2) is 24.4. The van der Waals surface area contributed by atoms with E-state index < -0.39 is 11.9 Å². The van der Waals surface area contributed by atoms with E-state index in [4.69, 9.17) is 5.11 Å². The van der Waals surface area contributed by atoms with Crippen molar-refractivity contribution in [2.75, 3.05) is 0 Å². The summed E-state index contributed by atoms with van der Waals surface area (Å²) in [5, 5.41) is 29.2. The quantitative estimate of drug-likeness (QED) is 0.268. The fourth-order valence-corrected chi connectivity index (χ4v) is 2.93. The van der Waals surface area contributed by atoms with Gasteiger partial charge in [-0.25, -0.2) is 0 Å². The third-order valence-electron chi connectivity index (χ3n) is 4.61. The number of carboxylic acid groups (broad SMARTS) is 2. The van der Waals surface area contributed by atoms with E-state index in [0.717, 1.165) is 12.8 Å². The van der Waals surface area contributed by atoms with E-state index in [1.165, 1.54) is 88.8 Å². The summed E-state index contributed by atoms with van der Waals surface area (Å²) in [5.41, 5.74) is -0.178. The molecular formula is C23H36Li2O5. The Kier molecular flexibility index (Phi) is 27.5. The van der Waals surface area contributed by atoms with Gasteiger partial charge in [0.25, 0.3) is 0 Å². The molecule has 0 saturated carbocycles. The SMILES string of the molecule is CCCCCCCCCCCCCCCC(=O)[O-].O=C([O-])c1ccccc1O.[Li+].[Li+]. The Hall–Kier alpha value is -0.845. The van der Waals surface area contributed by atoms with Gasteiger partial charge in [-0.3, -0.25) is 0 Å². The van der Waals surface area contributed by atoms with Crippen LogP contribution >= 0.6 is 0 Å². The number of rotatable bonds is 15. The maximum atomic E-state index is 10.2. The molecule has 0 aliphatic rings. The van der Waals surface area contributed by atoms with Gasteiger partial charge in [-0.2, -0.15) is 0 Å². The van der Waals surface area contributed by atoms with Crippen LogP contribution in [0.5, 0.6) is 5.75 Å². The Balaban J connectivity index is -0.000000517. The fourth-order valence-electron chi connectivity index (χ4n) is 2.93. The van der Waals surface area contributed by atoms with E-state index in [2.05, 4.69) is 6.92 Å². The molecule has 0 saturated heterocycles. The summed E-state index contributed by atoms with van der Waals surface area (Å²) in [6, 6.07) is 5.64. The second-order valence-electron chi connectivity index (χ2n) is 7.17. The van der Waals surface area contributed by atoms with Crippen molar-refractivity contribution in [1.29, 1.82) is 0 Å². The number of carbonyl (C=O) groups excluding carboxylic acids is 2. The third-order valence-corrected chi connectivity index (χ3v) is 4.61. The first-order valence-corrected chi connectivity index (χ1v) is 10.7. The molecule has 0 radical (unpaired) electrons. The average molecular weight is 406 g/mol. The summed E-state index contributed by atoms with van der Waals surface area (Å²) in [4.78, 5) is 20.3. The predicted molar refractivity (Wildman–Crippen MR) is 108 cm³/mol. The molecule has 1 aromatic rings. The molecule has 160 valence electrons. The van der Waals surface area contributed by atoms with Gasteiger partial charge in [-0.15, -0.1) is 0 Å². The standard InChI is InChI=1S/C16H32O2.C7H6O3.2Li/c1-2-3-4-5-6-7-8-9-10-11-12-13-14-15-16(17)18;8-6-4-2-1-3-5(6)7(9)10;;/h2-15H2,1H3,(H,17,18);1-4,8H,(H,9,10);;/q;;2*+1/p-2. The molecule has 0 fully saturated rings. The molecular weight excluding hydrogens is 370 g/mol. The van der Waals surface area contributed by atoms with E-state index in [9.17, 15) is 19.8 Å². The molecule has 0 amide bonds. The summed E-state index contributed by atoms with van der Waals surface area (Å²) in [5.74, 6) is -2.53. The summed E-state index contributed by atoms with van der Waals surface area (Å²) in [7, 11) is 0. The van der Waals surface area contributed by atoms with Crippen molar-refractivity contribution in [3.8, 4) is 5.75 Å². The number of benzene rings is 1. The maximum Gasteiger partial charge on any atom is 1.00 e. The van der Waals surface area contributed by atoms with Crippen LogP contribution in [-0.2, 0) is 4.79 Å². The van der Waals surface area contributed by atoms with Crippen LogP contribution in [0.3, 0.4) is 0 Å². The monoisotopic (exact) mass is 406 g/mol. The van der Waals surface area contributed by atoms with Crippen LogP contribution in [0.4, 0.5) is 0 Å². The number of unbranched alkanes of at least 4 members (excludes halogenated alkanes) is 12. The number of phenols is 1. The van der Waals surface area contributed by atoms with E-state index in [1.807, 2.05) is 0 Å². The molecule has 0 unspecified atom stereocenters. The summed E-state index contributed by atoms with van der Waals surface area (Å²) in [6.07, 6.45) is 16.9. The molecule has 1 N–H and O–H groups in total. The first-order valence-electron chi connectivity index (χ1n) is 10.7. The number of para-hydroxylation sites is 1. The van der Waals surface area contributed by atoms with Crippen molar-refractivity contribution >= 4 is 11.9 Å². The van der Waals surface area contributed by atoms with Gasteiger partial charge < -0.3 is 24.9 Å². The topological polar surface area (TPSA) is 100 Å². The van der Waals surface area contributed by atoms with Gasteiger partial charge in [0, 0.05) is 11.5 Å². The van der Waals surface area contributed by atoms with E-state index in [-0.39, 0.29) is 55.5 Å². The Morgan fingerprint density at radius 3 is 1.47 bits per heavy atom. The Bertz CT molecular complexity index is 538. The van der Waals surface area contributed by atoms with Gasteiger partial charge in [0.15, 0.2) is 0 Å². The van der Waals surface area contributed by atoms with Crippen molar-refractivity contribution in [2.24, 2.45) is 0 Å². The molecule has 0 atom stereocenters. The predicted octanol–water partition coefficient (Wildman–Crippen LogP) is -2.02. The van der Waals surface area contributed by atoms with Crippen molar-refractivity contribution < 1.29 is 62.6 Å². The van der Waals surface area contributed by atoms with E-state index in [0.29, 0.717) is 0 Å². The van der Waals surface area contributed by atoms with E-state index >= 15 is 0 Å². The Morgan fingerprint density at radius 1 is 0.733 bits per heavy atom. The number of hydrogen-bond donors (Lipinski definition) is 1. The minimum atomic E-state index is -1.36. The number of carboxylic acids is 2. The molecule has 0 aliphatic heterocycles. The van der Waals surface area contributed by atoms with Crippen LogP contribution in [0.25, 0.3) is 0 Å². The molecule has 0 aliphatic carbocycles. The number of hydrogen-bond acceptors (Lipinski definition) is 5. The summed E-state index contributed by atoms with van der Waals surface area (Å²) in [6.45, 7) is 2.26. The smallest absolute Gasteiger partial charge is 0.550 e. The minimum absolute atomic E-state index is 0. The minimum Gasteiger partial charge on any atom is -0.550 e. The largest absolute Gasteiger partial charge is 1.00 e. The second-order valence-corrected chi connectivity index (χ2v) is 7.17. The van der Waals surface area contributed by atoms with Gasteiger partial charge in [-0.1, -0.05) is 96.1 Å². The maximum absolute atomic E-state index is 10.2. The zero-order valence-corrected chi connectivity index (χ0v) is 19.3. The number of aliphatic carboxylic acids is 1. The number of aromatic hydroxyl groups is 1. The van der Waals surface area contributed by atoms with Gasteiger partial charge in [0.1, 0.15) is 5.75 Å². The summed E-state index contributed by atoms with van der Waals surface area (Å²) >= 11 is 0. The molecule has 0 bridgehead atoms. The average Bonchev–Trinajstić information content (AvgIpc) is 2.66. The Labute approximate surface area is 206 Å². The van der Waals surface area contributed by atoms with Crippen LogP contribution in [0.2, 0.25) is 0 Å². The third kappa shape index (κ3) is 21.9. The Morgan fingerprint density at radius 2 is 1.13 bits per heavy atom. The van der Waals surface area contributed by atoms with Crippen LogP contribution in [0.1, 0.15) is 107 Å². The molecule has 1 aromatic carbocycles. The molecule has 0 aromatic heterocycles. The molecule has 0 spiro atoms. The number of carbonyl (C=O) groups is 2. The van der Waals surface area contributed by atoms with Crippen molar-refractivity contribution in [3.05, 3.63) is 29.8 Å². The fraction of sp³-hybridized carbons (Fsp3) is 0.652. The van der Waals surface area contributed by atoms with E-state index in [1.54, 1.807) is 6.07 Å². The molecule has 5 nitrogen and oxygen atoms in total. The molecule has 0 heterocycles. The first kappa shape index (κ1) is 33.8. The van der Waals surface area contributed by atoms with Gasteiger partial charge >= 0.3 is 37.7 Å². The van der Waals surface area contributed by atoms with Crippen LogP contribution in [0, 0.1) is 0 Å². The summed E-state index contributed by atoms with van der Waals surface area (Å²) < 4.78 is 0. The zero-order valence-electron chi connectivity index (χ0n) is 19.3. The van der Waals surface area contributed by atoms with Crippen LogP contribution in [0.15, 0.2) is 24.3 Å². The van der Waals surface area contributed by atoms with Crippen LogP contribution in [-0.4, -0.2) is 17.0 Å². The van der Waals surface area contributed by atoms with Crippen molar-refractivity contribution in [2.45, 2.75) is 96.8 Å². The molecule has 1 rings (SSSR count). The van der Waals surface area contributed by atoms with Crippen molar-refractivity contribution in [3.63, 3.8) is 0 Å². The van der Waals surface area contributed by atoms with Gasteiger partial charge in [0.2, 0.25) is 0 Å². The van der Waals surface area contributed by atoms with Crippen LogP contribution < -0.4 is 47.9 Å². The van der Waals surface area contributed by atoms with Gasteiger partial charge in [0.05, 0.1) is 5.97 Å². The molecule has 7 heteroatoms. The zero-order chi connectivity index (χ0) is 21.0. The number of aromatic carboxylic acids is 1. The first-order chi connectivity index (χ1) is 13.5. The van der Waals surface area contributed by atoms with Crippen molar-refractivity contribution in [1.82, 2.24) is 0 Å².